The molecule has 0 radical (unpaired) electrons. The van der Waals surface area contributed by atoms with Crippen molar-refractivity contribution < 1.29 is 0 Å². The highest BCUT2D eigenvalue weighted by Crippen LogP contribution is 2.49. The molecule has 1 aliphatic carbocycles. The van der Waals surface area contributed by atoms with Crippen LogP contribution in [0.25, 0.3) is 0 Å². The Balaban J connectivity index is 1.12. The second-order valence-electron chi connectivity index (χ2n) is 9.28. The van der Waals surface area contributed by atoms with Crippen LogP contribution < -0.4 is 0 Å². The molecule has 0 aromatic carbocycles. The fourth-order valence-electron chi connectivity index (χ4n) is 5.22. The van der Waals surface area contributed by atoms with Gasteiger partial charge in [0.25, 0.3) is 0 Å². The summed E-state index contributed by atoms with van der Waals surface area (Å²) in [4.78, 5) is 10.7. The lowest BCUT2D eigenvalue weighted by Crippen LogP contribution is -2.55. The van der Waals surface area contributed by atoms with E-state index in [1.165, 1.54) is 97.6 Å². The molecule has 0 atom stereocenters. The first-order valence-corrected chi connectivity index (χ1v) is 10.5. The molecule has 4 aliphatic rings. The van der Waals surface area contributed by atoms with Crippen LogP contribution in [0.15, 0.2) is 0 Å². The highest BCUT2D eigenvalue weighted by molar-refractivity contribution is 4.97. The van der Waals surface area contributed by atoms with Crippen LogP contribution in [0.2, 0.25) is 0 Å². The van der Waals surface area contributed by atoms with Crippen LogP contribution in [-0.2, 0) is 0 Å². The summed E-state index contributed by atoms with van der Waals surface area (Å²) in [7, 11) is 2.26. The van der Waals surface area contributed by atoms with Gasteiger partial charge in [0.05, 0.1) is 0 Å². The zero-order valence-corrected chi connectivity index (χ0v) is 16.1. The zero-order chi connectivity index (χ0) is 16.6. The van der Waals surface area contributed by atoms with Crippen LogP contribution in [0, 0.1) is 11.3 Å². The second kappa shape index (κ2) is 7.22. The molecule has 0 aromatic heterocycles. The second-order valence-corrected chi connectivity index (χ2v) is 9.28. The molecule has 0 aromatic rings. The average Bonchev–Trinajstić information content (AvgIpc) is 3.35. The van der Waals surface area contributed by atoms with E-state index < -0.39 is 0 Å². The Bertz CT molecular complexity index is 400. The van der Waals surface area contributed by atoms with E-state index in [1.54, 1.807) is 0 Å². The minimum absolute atomic E-state index is 0.742. The van der Waals surface area contributed by atoms with Crippen molar-refractivity contribution in [3.63, 3.8) is 0 Å². The first kappa shape index (κ1) is 17.3. The standard InChI is InChI=1S/C20H38N4/c1-3-20(6-7-20)17-23-15-18(16-23)14-22-8-4-19(5-9-22)24-12-10-21(2)11-13-24/h18-19H,3-17H2,1-2H3. The largest absolute Gasteiger partial charge is 0.304 e. The van der Waals surface area contributed by atoms with Gasteiger partial charge in [0.2, 0.25) is 0 Å². The third kappa shape index (κ3) is 3.98. The van der Waals surface area contributed by atoms with Crippen molar-refractivity contribution in [2.24, 2.45) is 11.3 Å². The van der Waals surface area contributed by atoms with Gasteiger partial charge in [-0.3, -0.25) is 4.90 Å². The monoisotopic (exact) mass is 334 g/mol. The van der Waals surface area contributed by atoms with E-state index in [4.69, 9.17) is 0 Å². The third-order valence-electron chi connectivity index (χ3n) is 7.43. The van der Waals surface area contributed by atoms with Crippen molar-refractivity contribution in [3.8, 4) is 0 Å². The molecule has 0 unspecified atom stereocenters. The smallest absolute Gasteiger partial charge is 0.0121 e. The van der Waals surface area contributed by atoms with Crippen LogP contribution in [-0.4, -0.2) is 98.1 Å². The molecule has 4 heteroatoms. The lowest BCUT2D eigenvalue weighted by Gasteiger charge is -2.46. The summed E-state index contributed by atoms with van der Waals surface area (Å²) >= 11 is 0. The number of hydrogen-bond donors (Lipinski definition) is 0. The van der Waals surface area contributed by atoms with Crippen molar-refractivity contribution in [1.29, 1.82) is 0 Å². The highest BCUT2D eigenvalue weighted by Gasteiger charge is 2.44. The van der Waals surface area contributed by atoms with Crippen LogP contribution in [0.1, 0.15) is 39.0 Å². The third-order valence-corrected chi connectivity index (χ3v) is 7.43. The molecule has 4 rings (SSSR count). The quantitative estimate of drug-likeness (QED) is 0.734. The minimum Gasteiger partial charge on any atom is -0.304 e. The lowest BCUT2D eigenvalue weighted by molar-refractivity contribution is 0.0262. The molecule has 138 valence electrons. The molecule has 4 fully saturated rings. The molecule has 4 nitrogen and oxygen atoms in total. The summed E-state index contributed by atoms with van der Waals surface area (Å²) < 4.78 is 0. The average molecular weight is 335 g/mol. The van der Waals surface area contributed by atoms with Crippen LogP contribution >= 0.6 is 0 Å². The number of piperidine rings is 1. The number of rotatable bonds is 6. The van der Waals surface area contributed by atoms with Gasteiger partial charge in [-0.05, 0) is 63.6 Å². The fourth-order valence-corrected chi connectivity index (χ4v) is 5.22. The maximum Gasteiger partial charge on any atom is 0.0121 e. The molecule has 0 bridgehead atoms. The number of hydrogen-bond acceptors (Lipinski definition) is 4. The van der Waals surface area contributed by atoms with Crippen molar-refractivity contribution in [3.05, 3.63) is 0 Å². The Labute approximate surface area is 149 Å². The molecule has 3 heterocycles. The van der Waals surface area contributed by atoms with E-state index in [0.29, 0.717) is 0 Å². The SMILES string of the molecule is CCC1(CN2CC(CN3CCC(N4CCN(C)CC4)CC3)C2)CC1. The van der Waals surface area contributed by atoms with Gasteiger partial charge in [-0.1, -0.05) is 6.92 Å². The number of likely N-dealkylation sites (tertiary alicyclic amines) is 2. The summed E-state index contributed by atoms with van der Waals surface area (Å²) in [5.41, 5.74) is 0.742. The van der Waals surface area contributed by atoms with Gasteiger partial charge in [0.1, 0.15) is 0 Å². The van der Waals surface area contributed by atoms with Gasteiger partial charge < -0.3 is 14.7 Å². The maximum atomic E-state index is 2.77. The van der Waals surface area contributed by atoms with Crippen LogP contribution in [0.3, 0.4) is 0 Å². The maximum absolute atomic E-state index is 2.77. The Morgan fingerprint density at radius 2 is 1.54 bits per heavy atom. The lowest BCUT2D eigenvalue weighted by atomic mass is 9.93. The van der Waals surface area contributed by atoms with Crippen molar-refractivity contribution >= 4 is 0 Å². The van der Waals surface area contributed by atoms with Crippen molar-refractivity contribution in [1.82, 2.24) is 19.6 Å². The number of likely N-dealkylation sites (N-methyl/N-ethyl adjacent to an activating group) is 1. The zero-order valence-electron chi connectivity index (χ0n) is 16.1. The van der Waals surface area contributed by atoms with Crippen LogP contribution in [0.4, 0.5) is 0 Å². The summed E-state index contributed by atoms with van der Waals surface area (Å²) in [6.07, 6.45) is 7.18. The highest BCUT2D eigenvalue weighted by atomic mass is 15.3. The number of nitrogens with zero attached hydrogens (tertiary/aromatic N) is 4. The minimum atomic E-state index is 0.742. The Hall–Kier alpha value is -0.160. The van der Waals surface area contributed by atoms with Gasteiger partial charge in [0, 0.05) is 58.4 Å². The van der Waals surface area contributed by atoms with Gasteiger partial charge in [-0.25, -0.2) is 0 Å². The molecule has 24 heavy (non-hydrogen) atoms. The van der Waals surface area contributed by atoms with Gasteiger partial charge in [-0.2, -0.15) is 0 Å². The molecular formula is C20H38N4. The van der Waals surface area contributed by atoms with Gasteiger partial charge in [0.15, 0.2) is 0 Å². The fraction of sp³-hybridized carbons (Fsp3) is 1.00. The molecule has 0 spiro atoms. The Morgan fingerprint density at radius 1 is 0.875 bits per heavy atom. The molecule has 3 saturated heterocycles. The molecule has 1 saturated carbocycles. The van der Waals surface area contributed by atoms with E-state index >= 15 is 0 Å². The summed E-state index contributed by atoms with van der Waals surface area (Å²) in [6.45, 7) is 15.7. The first-order chi connectivity index (χ1) is 11.7. The van der Waals surface area contributed by atoms with E-state index in [-0.39, 0.29) is 0 Å². The number of piperazine rings is 1. The van der Waals surface area contributed by atoms with E-state index in [9.17, 15) is 0 Å². The normalized spacial score (nSPS) is 31.2. The topological polar surface area (TPSA) is 13.0 Å². The predicted octanol–water partition coefficient (Wildman–Crippen LogP) is 1.82. The van der Waals surface area contributed by atoms with E-state index in [1.807, 2.05) is 0 Å². The molecule has 0 N–H and O–H groups in total. The molecule has 3 aliphatic heterocycles. The van der Waals surface area contributed by atoms with Gasteiger partial charge in [-0.15, -0.1) is 0 Å². The molecule has 0 amide bonds. The van der Waals surface area contributed by atoms with Crippen molar-refractivity contribution in [2.45, 2.75) is 45.1 Å². The first-order valence-electron chi connectivity index (χ1n) is 10.5. The van der Waals surface area contributed by atoms with E-state index in [0.717, 1.165) is 17.4 Å². The van der Waals surface area contributed by atoms with Gasteiger partial charge >= 0.3 is 0 Å². The van der Waals surface area contributed by atoms with Crippen LogP contribution in [0.5, 0.6) is 0 Å². The Kier molecular flexibility index (Phi) is 5.19. The van der Waals surface area contributed by atoms with Crippen molar-refractivity contribution in [2.75, 3.05) is 72.5 Å². The Morgan fingerprint density at radius 3 is 2.12 bits per heavy atom. The predicted molar refractivity (Wildman–Crippen MR) is 100 cm³/mol. The summed E-state index contributed by atoms with van der Waals surface area (Å²) in [5.74, 6) is 0.956. The van der Waals surface area contributed by atoms with E-state index in [2.05, 4.69) is 33.6 Å². The summed E-state index contributed by atoms with van der Waals surface area (Å²) in [6, 6.07) is 0.868. The molecular weight excluding hydrogens is 296 g/mol. The summed E-state index contributed by atoms with van der Waals surface area (Å²) in [5, 5.41) is 0.